The van der Waals surface area contributed by atoms with Gasteiger partial charge in [-0.15, -0.1) is 0 Å². The average Bonchev–Trinajstić information content (AvgIpc) is 3.32. The molecule has 172 valence electrons. The number of fused-ring (bicyclic) bond motifs is 1. The van der Waals surface area contributed by atoms with E-state index < -0.39 is 6.04 Å². The molecule has 0 spiro atoms. The maximum Gasteiger partial charge on any atom is 0.252 e. The molecule has 5 aromatic rings. The molecule has 0 aliphatic rings. The Balaban J connectivity index is 0.000000398. The van der Waals surface area contributed by atoms with Crippen LogP contribution < -0.4 is 11.3 Å². The third kappa shape index (κ3) is 5.06. The summed E-state index contributed by atoms with van der Waals surface area (Å²) in [5.74, 6) is -0.367. The van der Waals surface area contributed by atoms with Gasteiger partial charge in [0.25, 0.3) is 5.56 Å². The standard InChI is InChI=1S/C22H17ClFN3O.C4H6N2/c1-27-20(28)11-18(14-3-2-4-17(24)9-14)19-10-15(12-26-22(19)27)21(25)13-5-7-16(23)8-6-13;1-6-3-2-5-4-6/h2-12,21H,25H2,1H3;2-4H,1H3. The minimum Gasteiger partial charge on any atom is -0.341 e. The molecule has 34 heavy (non-hydrogen) atoms. The normalized spacial score (nSPS) is 11.7. The van der Waals surface area contributed by atoms with Crippen LogP contribution in [0.2, 0.25) is 5.02 Å². The molecule has 2 aromatic carbocycles. The van der Waals surface area contributed by atoms with Gasteiger partial charge in [0, 0.05) is 49.2 Å². The summed E-state index contributed by atoms with van der Waals surface area (Å²) in [6, 6.07) is 16.4. The van der Waals surface area contributed by atoms with Crippen LogP contribution in [0, 0.1) is 5.82 Å². The lowest BCUT2D eigenvalue weighted by molar-refractivity contribution is 0.628. The van der Waals surface area contributed by atoms with Crippen molar-refractivity contribution in [1.82, 2.24) is 19.1 Å². The second-order valence-corrected chi connectivity index (χ2v) is 8.30. The van der Waals surface area contributed by atoms with Crippen LogP contribution >= 0.6 is 11.6 Å². The molecule has 3 aromatic heterocycles. The largest absolute Gasteiger partial charge is 0.341 e. The van der Waals surface area contributed by atoms with Gasteiger partial charge in [0.05, 0.1) is 12.4 Å². The summed E-state index contributed by atoms with van der Waals surface area (Å²) < 4.78 is 17.1. The predicted octanol–water partition coefficient (Wildman–Crippen LogP) is 4.86. The highest BCUT2D eigenvalue weighted by Crippen LogP contribution is 2.30. The van der Waals surface area contributed by atoms with E-state index in [2.05, 4.69) is 9.97 Å². The molecule has 8 heteroatoms. The van der Waals surface area contributed by atoms with Crippen LogP contribution in [-0.2, 0) is 14.1 Å². The zero-order chi connectivity index (χ0) is 24.2. The highest BCUT2D eigenvalue weighted by molar-refractivity contribution is 6.30. The van der Waals surface area contributed by atoms with Gasteiger partial charge >= 0.3 is 0 Å². The average molecular weight is 476 g/mol. The Labute approximate surface area is 201 Å². The van der Waals surface area contributed by atoms with Gasteiger partial charge in [0.1, 0.15) is 11.5 Å². The van der Waals surface area contributed by atoms with Crippen molar-refractivity contribution in [2.24, 2.45) is 19.8 Å². The summed E-state index contributed by atoms with van der Waals surface area (Å²) in [6.07, 6.45) is 7.05. The van der Waals surface area contributed by atoms with E-state index in [1.807, 2.05) is 36.0 Å². The van der Waals surface area contributed by atoms with Gasteiger partial charge in [0.2, 0.25) is 0 Å². The second-order valence-electron chi connectivity index (χ2n) is 7.86. The lowest BCUT2D eigenvalue weighted by Gasteiger charge is -2.15. The van der Waals surface area contributed by atoms with Crippen molar-refractivity contribution in [2.45, 2.75) is 6.04 Å². The highest BCUT2D eigenvalue weighted by Gasteiger charge is 2.15. The molecule has 6 nitrogen and oxygen atoms in total. The van der Waals surface area contributed by atoms with Gasteiger partial charge in [-0.2, -0.15) is 0 Å². The van der Waals surface area contributed by atoms with Gasteiger partial charge < -0.3 is 10.3 Å². The zero-order valence-corrected chi connectivity index (χ0v) is 19.4. The first-order chi connectivity index (χ1) is 16.3. The summed E-state index contributed by atoms with van der Waals surface area (Å²) in [5.41, 5.74) is 9.63. The molecule has 2 N–H and O–H groups in total. The van der Waals surface area contributed by atoms with Crippen LogP contribution in [0.4, 0.5) is 4.39 Å². The van der Waals surface area contributed by atoms with Crippen LogP contribution in [0.15, 0.2) is 90.4 Å². The molecule has 5 rings (SSSR count). The van der Waals surface area contributed by atoms with Crippen molar-refractivity contribution in [3.63, 3.8) is 0 Å². The number of imidazole rings is 1. The Morgan fingerprint density at radius 3 is 2.41 bits per heavy atom. The number of nitrogens with zero attached hydrogens (tertiary/aromatic N) is 4. The van der Waals surface area contributed by atoms with Crippen molar-refractivity contribution in [3.05, 3.63) is 118 Å². The van der Waals surface area contributed by atoms with Crippen molar-refractivity contribution >= 4 is 22.6 Å². The molecule has 0 aliphatic carbocycles. The summed E-state index contributed by atoms with van der Waals surface area (Å²) in [5, 5.41) is 1.37. The van der Waals surface area contributed by atoms with Crippen LogP contribution in [0.1, 0.15) is 17.2 Å². The van der Waals surface area contributed by atoms with Crippen LogP contribution in [0.3, 0.4) is 0 Å². The Hall–Kier alpha value is -3.81. The number of hydrogen-bond acceptors (Lipinski definition) is 4. The predicted molar refractivity (Wildman–Crippen MR) is 133 cm³/mol. The Bertz CT molecular complexity index is 1480. The lowest BCUT2D eigenvalue weighted by Crippen LogP contribution is -2.18. The molecule has 0 saturated carbocycles. The van der Waals surface area contributed by atoms with Crippen molar-refractivity contribution in [2.75, 3.05) is 0 Å². The fourth-order valence-corrected chi connectivity index (χ4v) is 3.72. The number of nitrogens with two attached hydrogens (primary N) is 1. The molecular weight excluding hydrogens is 453 g/mol. The van der Waals surface area contributed by atoms with Gasteiger partial charge in [0.15, 0.2) is 0 Å². The smallest absolute Gasteiger partial charge is 0.252 e. The number of halogens is 2. The Morgan fingerprint density at radius 1 is 1.03 bits per heavy atom. The molecule has 0 fully saturated rings. The third-order valence-corrected chi connectivity index (χ3v) is 5.71. The molecule has 0 radical (unpaired) electrons. The lowest BCUT2D eigenvalue weighted by atomic mass is 9.97. The van der Waals surface area contributed by atoms with Crippen molar-refractivity contribution < 1.29 is 4.39 Å². The first kappa shape index (κ1) is 23.4. The second kappa shape index (κ2) is 9.99. The molecule has 0 amide bonds. The summed E-state index contributed by atoms with van der Waals surface area (Å²) >= 11 is 5.96. The Morgan fingerprint density at radius 2 is 1.79 bits per heavy atom. The van der Waals surface area contributed by atoms with E-state index in [0.717, 1.165) is 16.5 Å². The maximum atomic E-state index is 13.8. The van der Waals surface area contributed by atoms with E-state index in [1.165, 1.54) is 22.8 Å². The first-order valence-electron chi connectivity index (χ1n) is 10.5. The first-order valence-corrected chi connectivity index (χ1v) is 10.9. The topological polar surface area (TPSA) is 78.7 Å². The maximum absolute atomic E-state index is 13.8. The highest BCUT2D eigenvalue weighted by atomic mass is 35.5. The fourth-order valence-electron chi connectivity index (χ4n) is 3.59. The molecule has 0 aliphatic heterocycles. The monoisotopic (exact) mass is 475 g/mol. The minimum atomic E-state index is -0.410. The minimum absolute atomic E-state index is 0.214. The van der Waals surface area contributed by atoms with Gasteiger partial charge in [-0.05, 0) is 52.6 Å². The number of rotatable bonds is 3. The van der Waals surface area contributed by atoms with Crippen molar-refractivity contribution in [3.8, 4) is 11.1 Å². The third-order valence-electron chi connectivity index (χ3n) is 5.45. The van der Waals surface area contributed by atoms with Gasteiger partial charge in [-0.25, -0.2) is 14.4 Å². The van der Waals surface area contributed by atoms with E-state index in [1.54, 1.807) is 50.0 Å². The molecule has 0 saturated heterocycles. The quantitative estimate of drug-likeness (QED) is 0.404. The van der Waals surface area contributed by atoms with Crippen LogP contribution in [0.25, 0.3) is 22.2 Å². The number of aryl methyl sites for hydroxylation is 2. The zero-order valence-electron chi connectivity index (χ0n) is 18.7. The summed E-state index contributed by atoms with van der Waals surface area (Å²) in [6.45, 7) is 0. The van der Waals surface area contributed by atoms with Gasteiger partial charge in [-0.1, -0.05) is 35.9 Å². The molecule has 0 bridgehead atoms. The number of hydrogen-bond donors (Lipinski definition) is 1. The molecular formula is C26H23ClFN5O. The Kier molecular flexibility index (Phi) is 6.86. The van der Waals surface area contributed by atoms with E-state index in [0.29, 0.717) is 21.8 Å². The SMILES string of the molecule is Cn1c(=O)cc(-c2cccc(F)c2)c2cc(C(N)c3ccc(Cl)cc3)cnc21.Cn1ccnc1. The number of aromatic nitrogens is 4. The molecule has 3 heterocycles. The van der Waals surface area contributed by atoms with E-state index >= 15 is 0 Å². The van der Waals surface area contributed by atoms with Gasteiger partial charge in [-0.3, -0.25) is 9.36 Å². The summed E-state index contributed by atoms with van der Waals surface area (Å²) in [4.78, 5) is 20.6. The fraction of sp³-hybridized carbons (Fsp3) is 0.115. The molecule has 1 atom stereocenters. The van der Waals surface area contributed by atoms with Crippen LogP contribution in [0.5, 0.6) is 0 Å². The van der Waals surface area contributed by atoms with Crippen LogP contribution in [-0.4, -0.2) is 19.1 Å². The summed E-state index contributed by atoms with van der Waals surface area (Å²) in [7, 11) is 3.60. The number of pyridine rings is 2. The number of benzene rings is 2. The van der Waals surface area contributed by atoms with E-state index in [-0.39, 0.29) is 11.4 Å². The molecule has 1 unspecified atom stereocenters. The van der Waals surface area contributed by atoms with E-state index in [4.69, 9.17) is 17.3 Å². The van der Waals surface area contributed by atoms with Crippen molar-refractivity contribution in [1.29, 1.82) is 0 Å². The van der Waals surface area contributed by atoms with E-state index in [9.17, 15) is 9.18 Å².